The maximum Gasteiger partial charge on any atom is 0.214 e. The number of hydrogen-bond donors (Lipinski definition) is 2. The predicted octanol–water partition coefficient (Wildman–Crippen LogP) is 4.07. The van der Waals surface area contributed by atoms with Crippen molar-refractivity contribution in [3.05, 3.63) is 40.3 Å². The number of anilines is 2. The van der Waals surface area contributed by atoms with Crippen molar-refractivity contribution >= 4 is 34.1 Å². The van der Waals surface area contributed by atoms with E-state index in [4.69, 9.17) is 27.5 Å². The molecule has 0 saturated carbocycles. The molecule has 3 rings (SSSR count). The largest absolute Gasteiger partial charge is 0.437 e. The summed E-state index contributed by atoms with van der Waals surface area (Å²) in [5.74, 6) is -0.296. The van der Waals surface area contributed by atoms with Crippen LogP contribution in [0.4, 0.5) is 16.0 Å². The van der Waals surface area contributed by atoms with Gasteiger partial charge in [0.15, 0.2) is 5.58 Å². The number of pyridine rings is 1. The molecule has 0 aliphatic rings. The van der Waals surface area contributed by atoms with E-state index in [1.807, 2.05) is 6.92 Å². The molecule has 4 nitrogen and oxygen atoms in total. The van der Waals surface area contributed by atoms with Crippen LogP contribution in [-0.2, 0) is 0 Å². The molecule has 21 heavy (non-hydrogen) atoms. The van der Waals surface area contributed by atoms with E-state index >= 15 is 0 Å². The lowest BCUT2D eigenvalue weighted by Crippen LogP contribution is -1.95. The van der Waals surface area contributed by atoms with E-state index in [1.165, 1.54) is 12.1 Å². The van der Waals surface area contributed by atoms with Crippen molar-refractivity contribution in [2.75, 3.05) is 11.5 Å². The molecule has 108 valence electrons. The Kier molecular flexibility index (Phi) is 3.02. The Hall–Kier alpha value is -2.27. The fourth-order valence-corrected chi connectivity index (χ4v) is 2.61. The van der Waals surface area contributed by atoms with Gasteiger partial charge in [0, 0.05) is 5.56 Å². The van der Waals surface area contributed by atoms with Crippen LogP contribution in [0.1, 0.15) is 11.3 Å². The minimum Gasteiger partial charge on any atom is -0.437 e. The number of nitrogens with zero attached hydrogens (tertiary/aromatic N) is 1. The standard InChI is InChI=1S/C15H13ClFN3O/c1-6-11-12(18)15(19)21-14(11)7(2)20-13(6)8-3-4-10(17)9(16)5-8/h3-5H,18-19H2,1-2H3. The first-order chi connectivity index (χ1) is 9.90. The molecular formula is C15H13ClFN3O. The van der Waals surface area contributed by atoms with E-state index in [2.05, 4.69) is 4.98 Å². The van der Waals surface area contributed by atoms with Crippen LogP contribution in [0.25, 0.3) is 22.2 Å². The molecule has 0 unspecified atom stereocenters. The van der Waals surface area contributed by atoms with Crippen LogP contribution in [0.15, 0.2) is 22.6 Å². The number of halogens is 2. The monoisotopic (exact) mass is 305 g/mol. The number of nitrogen functional groups attached to an aromatic ring is 2. The summed E-state index contributed by atoms with van der Waals surface area (Å²) in [5.41, 5.74) is 15.5. The molecule has 2 aromatic heterocycles. The highest BCUT2D eigenvalue weighted by Crippen LogP contribution is 2.38. The molecule has 0 amide bonds. The third-order valence-electron chi connectivity index (χ3n) is 3.51. The van der Waals surface area contributed by atoms with E-state index in [1.54, 1.807) is 13.0 Å². The van der Waals surface area contributed by atoms with Crippen LogP contribution in [0.2, 0.25) is 5.02 Å². The lowest BCUT2D eigenvalue weighted by atomic mass is 10.0. The van der Waals surface area contributed by atoms with Gasteiger partial charge >= 0.3 is 0 Å². The Morgan fingerprint density at radius 1 is 1.24 bits per heavy atom. The van der Waals surface area contributed by atoms with Gasteiger partial charge in [-0.25, -0.2) is 9.37 Å². The number of hydrogen-bond acceptors (Lipinski definition) is 4. The number of furan rings is 1. The summed E-state index contributed by atoms with van der Waals surface area (Å²) >= 11 is 5.84. The zero-order valence-corrected chi connectivity index (χ0v) is 12.3. The SMILES string of the molecule is Cc1nc(-c2ccc(F)c(Cl)c2)c(C)c2c(N)c(N)oc12. The van der Waals surface area contributed by atoms with Crippen LogP contribution >= 0.6 is 11.6 Å². The highest BCUT2D eigenvalue weighted by atomic mass is 35.5. The topological polar surface area (TPSA) is 78.1 Å². The summed E-state index contributed by atoms with van der Waals surface area (Å²) in [4.78, 5) is 4.51. The average molecular weight is 306 g/mol. The van der Waals surface area contributed by atoms with Gasteiger partial charge in [-0.2, -0.15) is 0 Å². The molecule has 6 heteroatoms. The number of aryl methyl sites for hydroxylation is 2. The Morgan fingerprint density at radius 3 is 2.62 bits per heavy atom. The Balaban J connectivity index is 2.35. The Morgan fingerprint density at radius 2 is 1.95 bits per heavy atom. The smallest absolute Gasteiger partial charge is 0.214 e. The number of fused-ring (bicyclic) bond motifs is 1. The molecule has 0 aliphatic heterocycles. The predicted molar refractivity (Wildman–Crippen MR) is 82.7 cm³/mol. The molecule has 3 aromatic rings. The fourth-order valence-electron chi connectivity index (χ4n) is 2.43. The van der Waals surface area contributed by atoms with Crippen molar-refractivity contribution in [3.63, 3.8) is 0 Å². The second kappa shape index (κ2) is 4.63. The van der Waals surface area contributed by atoms with E-state index in [0.717, 1.165) is 10.9 Å². The number of rotatable bonds is 1. The lowest BCUT2D eigenvalue weighted by molar-refractivity contribution is 0.628. The van der Waals surface area contributed by atoms with Gasteiger partial charge in [0.25, 0.3) is 0 Å². The van der Waals surface area contributed by atoms with Crippen LogP contribution in [0, 0.1) is 19.7 Å². The molecule has 0 spiro atoms. The highest BCUT2D eigenvalue weighted by Gasteiger charge is 2.18. The minimum atomic E-state index is -0.470. The zero-order chi connectivity index (χ0) is 15.3. The summed E-state index contributed by atoms with van der Waals surface area (Å²) in [5, 5.41) is 0.779. The van der Waals surface area contributed by atoms with E-state index in [-0.39, 0.29) is 10.9 Å². The van der Waals surface area contributed by atoms with Crippen molar-refractivity contribution in [1.82, 2.24) is 4.98 Å². The average Bonchev–Trinajstić information content (AvgIpc) is 2.74. The fraction of sp³-hybridized carbons (Fsp3) is 0.133. The van der Waals surface area contributed by atoms with Gasteiger partial charge < -0.3 is 15.9 Å². The molecule has 4 N–H and O–H groups in total. The van der Waals surface area contributed by atoms with Crippen LogP contribution < -0.4 is 11.5 Å². The summed E-state index contributed by atoms with van der Waals surface area (Å²) in [6.45, 7) is 3.67. The molecule has 0 atom stereocenters. The van der Waals surface area contributed by atoms with Gasteiger partial charge in [0.05, 0.1) is 21.8 Å². The summed E-state index contributed by atoms with van der Waals surface area (Å²) < 4.78 is 18.8. The van der Waals surface area contributed by atoms with Crippen LogP contribution in [-0.4, -0.2) is 4.98 Å². The zero-order valence-electron chi connectivity index (χ0n) is 11.5. The van der Waals surface area contributed by atoms with E-state index in [0.29, 0.717) is 28.2 Å². The molecule has 0 saturated heterocycles. The summed E-state index contributed by atoms with van der Waals surface area (Å²) in [6, 6.07) is 4.48. The first kappa shape index (κ1) is 13.7. The molecule has 0 radical (unpaired) electrons. The first-order valence-electron chi connectivity index (χ1n) is 6.30. The molecule has 2 heterocycles. The quantitative estimate of drug-likeness (QED) is 0.710. The van der Waals surface area contributed by atoms with Crippen molar-refractivity contribution in [2.45, 2.75) is 13.8 Å². The number of nitrogens with two attached hydrogens (primary N) is 2. The Bertz CT molecular complexity index is 873. The summed E-state index contributed by atoms with van der Waals surface area (Å²) in [7, 11) is 0. The normalized spacial score (nSPS) is 11.2. The highest BCUT2D eigenvalue weighted by molar-refractivity contribution is 6.31. The van der Waals surface area contributed by atoms with Crippen molar-refractivity contribution < 1.29 is 8.81 Å². The van der Waals surface area contributed by atoms with Crippen LogP contribution in [0.3, 0.4) is 0 Å². The Labute approximate surface area is 125 Å². The maximum absolute atomic E-state index is 13.3. The van der Waals surface area contributed by atoms with Gasteiger partial charge in [-0.05, 0) is 37.6 Å². The first-order valence-corrected chi connectivity index (χ1v) is 6.68. The van der Waals surface area contributed by atoms with Crippen molar-refractivity contribution in [3.8, 4) is 11.3 Å². The van der Waals surface area contributed by atoms with Gasteiger partial charge in [0.2, 0.25) is 5.88 Å². The van der Waals surface area contributed by atoms with Gasteiger partial charge in [0.1, 0.15) is 11.5 Å². The van der Waals surface area contributed by atoms with Gasteiger partial charge in [-0.15, -0.1) is 0 Å². The second-order valence-corrected chi connectivity index (χ2v) is 5.29. The van der Waals surface area contributed by atoms with Crippen molar-refractivity contribution in [1.29, 1.82) is 0 Å². The molecular weight excluding hydrogens is 293 g/mol. The van der Waals surface area contributed by atoms with Gasteiger partial charge in [-0.3, -0.25) is 0 Å². The minimum absolute atomic E-state index is 0.0473. The summed E-state index contributed by atoms with van der Waals surface area (Å²) in [6.07, 6.45) is 0. The maximum atomic E-state index is 13.3. The van der Waals surface area contributed by atoms with E-state index < -0.39 is 5.82 Å². The molecule has 1 aromatic carbocycles. The third kappa shape index (κ3) is 2.01. The molecule has 0 aliphatic carbocycles. The van der Waals surface area contributed by atoms with Crippen LogP contribution in [0.5, 0.6) is 0 Å². The molecule has 0 fully saturated rings. The molecule has 0 bridgehead atoms. The van der Waals surface area contributed by atoms with E-state index in [9.17, 15) is 4.39 Å². The third-order valence-corrected chi connectivity index (χ3v) is 3.79. The lowest BCUT2D eigenvalue weighted by Gasteiger charge is -2.09. The second-order valence-electron chi connectivity index (χ2n) is 4.88. The number of aromatic nitrogens is 1. The number of benzene rings is 1. The van der Waals surface area contributed by atoms with Crippen molar-refractivity contribution in [2.24, 2.45) is 0 Å². The van der Waals surface area contributed by atoms with Gasteiger partial charge in [-0.1, -0.05) is 11.6 Å².